The summed E-state index contributed by atoms with van der Waals surface area (Å²) in [6.45, 7) is 4.62. The molecule has 0 fully saturated rings. The van der Waals surface area contributed by atoms with E-state index < -0.39 is 10.8 Å². The zero-order valence-corrected chi connectivity index (χ0v) is 12.4. The summed E-state index contributed by atoms with van der Waals surface area (Å²) in [7, 11) is -0.743. The third kappa shape index (κ3) is 4.85. The zero-order valence-electron chi connectivity index (χ0n) is 10.0. The molecule has 0 aliphatic rings. The number of hydrogen-bond acceptors (Lipinski definition) is 2. The molecule has 0 spiro atoms. The van der Waals surface area contributed by atoms with Crippen molar-refractivity contribution in [3.63, 3.8) is 0 Å². The molecule has 0 aliphatic carbocycles. The molecule has 0 aromatic heterocycles. The second-order valence-corrected chi connectivity index (χ2v) is 6.49. The second kappa shape index (κ2) is 7.24. The molecule has 1 aromatic carbocycles. The maximum absolute atomic E-state index is 12.9. The minimum Gasteiger partial charge on any atom is -0.309 e. The molecule has 0 aliphatic heterocycles. The lowest BCUT2D eigenvalue weighted by atomic mass is 10.1. The Morgan fingerprint density at radius 2 is 2.24 bits per heavy atom. The van der Waals surface area contributed by atoms with Crippen LogP contribution < -0.4 is 5.32 Å². The highest BCUT2D eigenvalue weighted by atomic mass is 79.9. The third-order valence-corrected chi connectivity index (χ3v) is 4.52. The van der Waals surface area contributed by atoms with Crippen LogP contribution in [0.2, 0.25) is 0 Å². The lowest BCUT2D eigenvalue weighted by molar-refractivity contribution is 0.588. The van der Waals surface area contributed by atoms with Gasteiger partial charge in [-0.05, 0) is 24.6 Å². The van der Waals surface area contributed by atoms with Gasteiger partial charge in [0, 0.05) is 39.4 Å². The van der Waals surface area contributed by atoms with E-state index in [1.54, 1.807) is 6.07 Å². The molecule has 2 atom stereocenters. The Morgan fingerprint density at radius 3 is 2.82 bits per heavy atom. The van der Waals surface area contributed by atoms with Crippen LogP contribution in [0.1, 0.15) is 25.5 Å². The molecule has 2 unspecified atom stereocenters. The molecular weight excluding hydrogens is 305 g/mol. The Bertz CT molecular complexity index is 400. The highest BCUT2D eigenvalue weighted by molar-refractivity contribution is 9.10. The molecule has 0 radical (unpaired) electrons. The van der Waals surface area contributed by atoms with Crippen LogP contribution in [0.4, 0.5) is 4.39 Å². The van der Waals surface area contributed by atoms with E-state index in [0.29, 0.717) is 18.1 Å². The van der Waals surface area contributed by atoms with Crippen molar-refractivity contribution in [2.75, 3.05) is 18.1 Å². The van der Waals surface area contributed by atoms with Crippen LogP contribution >= 0.6 is 15.9 Å². The predicted octanol–water partition coefficient (Wildman–Crippen LogP) is 3.01. The van der Waals surface area contributed by atoms with Crippen LogP contribution in [0.5, 0.6) is 0 Å². The fourth-order valence-electron chi connectivity index (χ4n) is 1.50. The first-order chi connectivity index (χ1) is 8.04. The molecular formula is C12H17BrFNOS. The molecule has 96 valence electrons. The molecule has 0 amide bonds. The summed E-state index contributed by atoms with van der Waals surface area (Å²) in [6, 6.07) is 4.77. The quantitative estimate of drug-likeness (QED) is 0.872. The number of nitrogens with one attached hydrogen (secondary N) is 1. The Balaban J connectivity index is 2.52. The van der Waals surface area contributed by atoms with Gasteiger partial charge in [0.25, 0.3) is 0 Å². The van der Waals surface area contributed by atoms with E-state index in [1.807, 2.05) is 13.8 Å². The highest BCUT2D eigenvalue weighted by Crippen LogP contribution is 2.23. The van der Waals surface area contributed by atoms with E-state index in [1.165, 1.54) is 12.1 Å². The van der Waals surface area contributed by atoms with Gasteiger partial charge in [-0.1, -0.05) is 28.9 Å². The monoisotopic (exact) mass is 321 g/mol. The summed E-state index contributed by atoms with van der Waals surface area (Å²) in [5, 5.41) is 3.28. The van der Waals surface area contributed by atoms with Crippen LogP contribution in [0.3, 0.4) is 0 Å². The van der Waals surface area contributed by atoms with Crippen LogP contribution in [0.25, 0.3) is 0 Å². The van der Waals surface area contributed by atoms with Crippen molar-refractivity contribution < 1.29 is 8.60 Å². The van der Waals surface area contributed by atoms with Crippen molar-refractivity contribution in [1.82, 2.24) is 5.32 Å². The fraction of sp³-hybridized carbons (Fsp3) is 0.500. The van der Waals surface area contributed by atoms with E-state index in [4.69, 9.17) is 0 Å². The lowest BCUT2D eigenvalue weighted by Crippen LogP contribution is -2.24. The fourth-order valence-corrected chi connectivity index (χ4v) is 2.82. The van der Waals surface area contributed by atoms with Crippen molar-refractivity contribution in [3.8, 4) is 0 Å². The third-order valence-electron chi connectivity index (χ3n) is 2.53. The lowest BCUT2D eigenvalue weighted by Gasteiger charge is -2.15. The SMILES string of the molecule is CCS(=O)CCNC(C)c1ccc(F)cc1Br. The molecule has 0 saturated heterocycles. The minimum absolute atomic E-state index is 0.110. The summed E-state index contributed by atoms with van der Waals surface area (Å²) in [6.07, 6.45) is 0. The molecule has 2 nitrogen and oxygen atoms in total. The number of benzene rings is 1. The van der Waals surface area contributed by atoms with Crippen LogP contribution in [-0.4, -0.2) is 22.3 Å². The Kier molecular flexibility index (Phi) is 6.30. The average Bonchev–Trinajstić information content (AvgIpc) is 2.28. The first-order valence-corrected chi connectivity index (χ1v) is 7.86. The summed E-state index contributed by atoms with van der Waals surface area (Å²) < 4.78 is 24.9. The largest absolute Gasteiger partial charge is 0.309 e. The summed E-state index contributed by atoms with van der Waals surface area (Å²) in [5.74, 6) is 1.09. The number of halogens is 2. The number of hydrogen-bond donors (Lipinski definition) is 1. The standard InChI is InChI=1S/C12H17BrFNOS/c1-3-17(16)7-6-15-9(2)11-5-4-10(14)8-12(11)13/h4-5,8-9,15H,3,6-7H2,1-2H3. The van der Waals surface area contributed by atoms with Crippen molar-refractivity contribution in [3.05, 3.63) is 34.1 Å². The molecule has 17 heavy (non-hydrogen) atoms. The van der Waals surface area contributed by atoms with Gasteiger partial charge in [0.1, 0.15) is 5.82 Å². The second-order valence-electron chi connectivity index (χ2n) is 3.77. The molecule has 1 rings (SSSR count). The Morgan fingerprint density at radius 1 is 1.53 bits per heavy atom. The molecule has 0 saturated carbocycles. The molecule has 1 N–H and O–H groups in total. The average molecular weight is 322 g/mol. The highest BCUT2D eigenvalue weighted by Gasteiger charge is 2.09. The van der Waals surface area contributed by atoms with Crippen LogP contribution in [0.15, 0.2) is 22.7 Å². The van der Waals surface area contributed by atoms with Crippen LogP contribution in [-0.2, 0) is 10.8 Å². The zero-order chi connectivity index (χ0) is 12.8. The summed E-state index contributed by atoms with van der Waals surface area (Å²) in [5.41, 5.74) is 1.01. The van der Waals surface area contributed by atoms with Gasteiger partial charge in [0.15, 0.2) is 0 Å². The van der Waals surface area contributed by atoms with Gasteiger partial charge in [0.05, 0.1) is 0 Å². The smallest absolute Gasteiger partial charge is 0.124 e. The molecule has 5 heteroatoms. The van der Waals surface area contributed by atoms with Gasteiger partial charge >= 0.3 is 0 Å². The first kappa shape index (κ1) is 14.8. The van der Waals surface area contributed by atoms with Gasteiger partial charge in [-0.25, -0.2) is 4.39 Å². The van der Waals surface area contributed by atoms with E-state index in [0.717, 1.165) is 10.0 Å². The Hall–Kier alpha value is -0.260. The van der Waals surface area contributed by atoms with Crippen molar-refractivity contribution >= 4 is 26.7 Å². The van der Waals surface area contributed by atoms with Crippen molar-refractivity contribution in [1.29, 1.82) is 0 Å². The predicted molar refractivity (Wildman–Crippen MR) is 74.1 cm³/mol. The van der Waals surface area contributed by atoms with E-state index in [2.05, 4.69) is 21.2 Å². The normalized spacial score (nSPS) is 14.6. The van der Waals surface area contributed by atoms with Crippen molar-refractivity contribution in [2.45, 2.75) is 19.9 Å². The van der Waals surface area contributed by atoms with Gasteiger partial charge < -0.3 is 5.32 Å². The van der Waals surface area contributed by atoms with E-state index >= 15 is 0 Å². The van der Waals surface area contributed by atoms with Gasteiger partial charge in [-0.3, -0.25) is 4.21 Å². The maximum atomic E-state index is 12.9. The topological polar surface area (TPSA) is 29.1 Å². The van der Waals surface area contributed by atoms with Crippen molar-refractivity contribution in [2.24, 2.45) is 0 Å². The van der Waals surface area contributed by atoms with Gasteiger partial charge in [-0.15, -0.1) is 0 Å². The molecule has 1 aromatic rings. The Labute approximate surface area is 113 Å². The number of rotatable bonds is 6. The van der Waals surface area contributed by atoms with Gasteiger partial charge in [0.2, 0.25) is 0 Å². The first-order valence-electron chi connectivity index (χ1n) is 5.58. The van der Waals surface area contributed by atoms with Crippen LogP contribution in [0, 0.1) is 5.82 Å². The van der Waals surface area contributed by atoms with E-state index in [9.17, 15) is 8.60 Å². The molecule has 0 heterocycles. The van der Waals surface area contributed by atoms with Gasteiger partial charge in [-0.2, -0.15) is 0 Å². The van der Waals surface area contributed by atoms with E-state index in [-0.39, 0.29) is 11.9 Å². The summed E-state index contributed by atoms with van der Waals surface area (Å²) in [4.78, 5) is 0. The molecule has 0 bridgehead atoms. The minimum atomic E-state index is -0.743. The summed E-state index contributed by atoms with van der Waals surface area (Å²) >= 11 is 3.34. The maximum Gasteiger partial charge on any atom is 0.124 e.